The molecule has 20 heavy (non-hydrogen) atoms. The first-order chi connectivity index (χ1) is 9.54. The van der Waals surface area contributed by atoms with E-state index in [1.807, 2.05) is 45.0 Å². The molecule has 0 radical (unpaired) electrons. The third-order valence-corrected chi connectivity index (χ3v) is 3.06. The Labute approximate surface area is 118 Å². The summed E-state index contributed by atoms with van der Waals surface area (Å²) >= 11 is 0. The monoisotopic (exact) mass is 274 g/mol. The summed E-state index contributed by atoms with van der Waals surface area (Å²) in [6.07, 6.45) is 0. The summed E-state index contributed by atoms with van der Waals surface area (Å²) < 4.78 is 0. The highest BCUT2D eigenvalue weighted by Crippen LogP contribution is 2.22. The van der Waals surface area contributed by atoms with E-state index in [2.05, 4.69) is 9.97 Å². The Morgan fingerprint density at radius 2 is 1.60 bits per heavy atom. The van der Waals surface area contributed by atoms with Gasteiger partial charge in [0.15, 0.2) is 5.82 Å². The normalized spacial score (nSPS) is 9.60. The molecule has 0 saturated heterocycles. The van der Waals surface area contributed by atoms with Gasteiger partial charge in [-0.15, -0.1) is 0 Å². The van der Waals surface area contributed by atoms with Gasteiger partial charge in [-0.2, -0.15) is 0 Å². The molecule has 106 valence electrons. The zero-order chi connectivity index (χ0) is 15.1. The zero-order valence-electron chi connectivity index (χ0n) is 11.8. The van der Waals surface area contributed by atoms with Crippen molar-refractivity contribution in [3.8, 4) is 11.4 Å². The number of aryl methyl sites for hydroxylation is 2. The van der Waals surface area contributed by atoms with Crippen LogP contribution < -0.4 is 0 Å². The van der Waals surface area contributed by atoms with E-state index in [0.717, 1.165) is 28.1 Å². The van der Waals surface area contributed by atoms with Crippen molar-refractivity contribution in [2.24, 2.45) is 0 Å². The molecule has 5 nitrogen and oxygen atoms in total. The van der Waals surface area contributed by atoms with Crippen LogP contribution in [0.15, 0.2) is 24.3 Å². The van der Waals surface area contributed by atoms with Crippen molar-refractivity contribution in [3.63, 3.8) is 0 Å². The predicted molar refractivity (Wildman–Crippen MR) is 76.3 cm³/mol. The van der Waals surface area contributed by atoms with Crippen molar-refractivity contribution in [1.82, 2.24) is 9.97 Å². The second-order valence-electron chi connectivity index (χ2n) is 4.26. The highest BCUT2D eigenvalue weighted by atomic mass is 16.3. The average Bonchev–Trinajstić information content (AvgIpc) is 2.45. The Balaban J connectivity index is 0.000000612. The van der Waals surface area contributed by atoms with Crippen LogP contribution >= 0.6 is 0 Å². The van der Waals surface area contributed by atoms with Gasteiger partial charge in [-0.05, 0) is 31.9 Å². The lowest BCUT2D eigenvalue weighted by atomic mass is 10.1. The maximum absolute atomic E-state index is 9.32. The summed E-state index contributed by atoms with van der Waals surface area (Å²) in [4.78, 5) is 17.3. The molecule has 1 aromatic heterocycles. The van der Waals surface area contributed by atoms with Crippen molar-refractivity contribution >= 4 is 6.47 Å². The second-order valence-corrected chi connectivity index (χ2v) is 4.26. The molecule has 0 fully saturated rings. The fourth-order valence-electron chi connectivity index (χ4n) is 1.77. The lowest BCUT2D eigenvalue weighted by Gasteiger charge is -2.09. The molecule has 1 heterocycles. The van der Waals surface area contributed by atoms with Crippen LogP contribution in [0, 0.1) is 20.8 Å². The maximum Gasteiger partial charge on any atom is 0.290 e. The molecule has 0 aliphatic carbocycles. The van der Waals surface area contributed by atoms with Crippen molar-refractivity contribution < 1.29 is 15.0 Å². The summed E-state index contributed by atoms with van der Waals surface area (Å²) in [5, 5.41) is 16.2. The van der Waals surface area contributed by atoms with Gasteiger partial charge >= 0.3 is 0 Å². The Hall–Kier alpha value is -2.27. The Kier molecular flexibility index (Phi) is 5.80. The lowest BCUT2D eigenvalue weighted by Crippen LogP contribution is -2.01. The number of carbonyl (C=O) groups is 1. The molecule has 0 saturated carbocycles. The molecule has 0 aliphatic rings. The molecule has 0 atom stereocenters. The van der Waals surface area contributed by atoms with E-state index in [-0.39, 0.29) is 13.1 Å². The number of aromatic nitrogens is 2. The van der Waals surface area contributed by atoms with E-state index in [4.69, 9.17) is 9.90 Å². The molecule has 0 unspecified atom stereocenters. The maximum atomic E-state index is 9.32. The van der Waals surface area contributed by atoms with E-state index >= 15 is 0 Å². The van der Waals surface area contributed by atoms with Gasteiger partial charge in [0.1, 0.15) is 0 Å². The van der Waals surface area contributed by atoms with Crippen molar-refractivity contribution in [1.29, 1.82) is 0 Å². The molecule has 5 heteroatoms. The highest BCUT2D eigenvalue weighted by molar-refractivity contribution is 5.60. The number of hydrogen-bond donors (Lipinski definition) is 2. The molecular weight excluding hydrogens is 256 g/mol. The van der Waals surface area contributed by atoms with E-state index in [9.17, 15) is 5.11 Å². The van der Waals surface area contributed by atoms with E-state index in [1.54, 1.807) is 0 Å². The molecule has 0 bridgehead atoms. The van der Waals surface area contributed by atoms with Gasteiger partial charge in [0, 0.05) is 17.0 Å². The summed E-state index contributed by atoms with van der Waals surface area (Å²) in [7, 11) is 0. The van der Waals surface area contributed by atoms with Crippen LogP contribution in [0.3, 0.4) is 0 Å². The fourth-order valence-corrected chi connectivity index (χ4v) is 1.77. The number of carboxylic acid groups (broad SMARTS) is 1. The van der Waals surface area contributed by atoms with Gasteiger partial charge in [-0.25, -0.2) is 9.97 Å². The van der Waals surface area contributed by atoms with Gasteiger partial charge in [0.05, 0.1) is 6.61 Å². The van der Waals surface area contributed by atoms with Crippen LogP contribution in [0.5, 0.6) is 0 Å². The third kappa shape index (κ3) is 3.61. The number of aliphatic hydroxyl groups excluding tert-OH is 1. The van der Waals surface area contributed by atoms with Gasteiger partial charge < -0.3 is 10.2 Å². The van der Waals surface area contributed by atoms with Gasteiger partial charge in [-0.1, -0.05) is 24.3 Å². The standard InChI is InChI=1S/C14H16N2O.CH2O2/c1-9-10(2)15-14(16-11(9)3)13-7-5-4-6-12(13)8-17;2-1-3/h4-7,17H,8H2,1-3H3;1H,(H,2,3). The van der Waals surface area contributed by atoms with Crippen molar-refractivity contribution in [2.75, 3.05) is 0 Å². The summed E-state index contributed by atoms with van der Waals surface area (Å²) in [6.45, 7) is 5.74. The smallest absolute Gasteiger partial charge is 0.290 e. The average molecular weight is 274 g/mol. The predicted octanol–water partition coefficient (Wildman–Crippen LogP) is 2.26. The highest BCUT2D eigenvalue weighted by Gasteiger charge is 2.09. The Bertz CT molecular complexity index is 574. The molecule has 0 spiro atoms. The van der Waals surface area contributed by atoms with E-state index < -0.39 is 0 Å². The second kappa shape index (κ2) is 7.35. The summed E-state index contributed by atoms with van der Waals surface area (Å²) in [6, 6.07) is 7.67. The van der Waals surface area contributed by atoms with Crippen LogP contribution in [-0.2, 0) is 11.4 Å². The quantitative estimate of drug-likeness (QED) is 0.821. The van der Waals surface area contributed by atoms with Crippen molar-refractivity contribution in [3.05, 3.63) is 46.8 Å². The minimum Gasteiger partial charge on any atom is -0.483 e. The van der Waals surface area contributed by atoms with Gasteiger partial charge in [0.25, 0.3) is 6.47 Å². The first kappa shape index (κ1) is 15.8. The molecule has 2 rings (SSSR count). The topological polar surface area (TPSA) is 83.3 Å². The number of nitrogens with zero attached hydrogens (tertiary/aromatic N) is 2. The number of aliphatic hydroxyl groups is 1. The van der Waals surface area contributed by atoms with E-state index in [0.29, 0.717) is 5.82 Å². The fraction of sp³-hybridized carbons (Fsp3) is 0.267. The number of hydrogen-bond acceptors (Lipinski definition) is 4. The van der Waals surface area contributed by atoms with Gasteiger partial charge in [-0.3, -0.25) is 4.79 Å². The first-order valence-electron chi connectivity index (χ1n) is 6.14. The van der Waals surface area contributed by atoms with Crippen LogP contribution in [0.4, 0.5) is 0 Å². The largest absolute Gasteiger partial charge is 0.483 e. The molecule has 0 amide bonds. The van der Waals surface area contributed by atoms with Crippen molar-refractivity contribution in [2.45, 2.75) is 27.4 Å². The SMILES string of the molecule is Cc1nc(-c2ccccc2CO)nc(C)c1C.O=CO. The van der Waals surface area contributed by atoms with Crippen LogP contribution in [0.25, 0.3) is 11.4 Å². The van der Waals surface area contributed by atoms with Crippen LogP contribution in [0.1, 0.15) is 22.5 Å². The Morgan fingerprint density at radius 1 is 1.10 bits per heavy atom. The molecule has 1 aromatic carbocycles. The van der Waals surface area contributed by atoms with Crippen LogP contribution in [0.2, 0.25) is 0 Å². The van der Waals surface area contributed by atoms with Gasteiger partial charge in [0.2, 0.25) is 0 Å². The number of benzene rings is 1. The molecule has 2 N–H and O–H groups in total. The van der Waals surface area contributed by atoms with Crippen LogP contribution in [-0.4, -0.2) is 26.7 Å². The third-order valence-electron chi connectivity index (χ3n) is 3.06. The molecular formula is C15H18N2O3. The minimum absolute atomic E-state index is 0.00546. The molecule has 2 aromatic rings. The summed E-state index contributed by atoms with van der Waals surface area (Å²) in [5.41, 5.74) is 4.85. The van der Waals surface area contributed by atoms with E-state index in [1.165, 1.54) is 0 Å². The first-order valence-corrected chi connectivity index (χ1v) is 6.14. The lowest BCUT2D eigenvalue weighted by molar-refractivity contribution is -0.122. The zero-order valence-corrected chi connectivity index (χ0v) is 11.8. The number of rotatable bonds is 2. The molecule has 0 aliphatic heterocycles. The minimum atomic E-state index is -0.250. The summed E-state index contributed by atoms with van der Waals surface area (Å²) in [5.74, 6) is 0.690. The Morgan fingerprint density at radius 3 is 2.10 bits per heavy atom.